The number of hydrogen-bond donors (Lipinski definition) is 3. The normalized spacial score (nSPS) is 15.3. The molecule has 0 saturated carbocycles. The van der Waals surface area contributed by atoms with Crippen molar-refractivity contribution in [1.29, 1.82) is 0 Å². The van der Waals surface area contributed by atoms with Gasteiger partial charge >= 0.3 is 6.03 Å². The molecule has 3 rings (SSSR count). The lowest BCUT2D eigenvalue weighted by Gasteiger charge is -2.36. The summed E-state index contributed by atoms with van der Waals surface area (Å²) in [6.07, 6.45) is 0.897. The molecule has 0 aliphatic carbocycles. The molecule has 1 heterocycles. The van der Waals surface area contributed by atoms with Gasteiger partial charge in [-0.25, -0.2) is 4.79 Å². The van der Waals surface area contributed by atoms with Gasteiger partial charge in [-0.05, 0) is 41.3 Å². The molecule has 0 fully saturated rings. The molecule has 0 bridgehead atoms. The Kier molecular flexibility index (Phi) is 6.72. The fourth-order valence-electron chi connectivity index (χ4n) is 3.54. The van der Waals surface area contributed by atoms with Gasteiger partial charge in [0.1, 0.15) is 6.04 Å². The minimum Gasteiger partial charge on any atom is -0.341 e. The Labute approximate surface area is 176 Å². The van der Waals surface area contributed by atoms with Gasteiger partial charge in [0.25, 0.3) is 0 Å². The van der Waals surface area contributed by atoms with Crippen LogP contribution in [0, 0.1) is 5.92 Å². The Morgan fingerprint density at radius 2 is 1.57 bits per heavy atom. The van der Waals surface area contributed by atoms with E-state index in [4.69, 9.17) is 0 Å². The minimum atomic E-state index is -0.560. The van der Waals surface area contributed by atoms with Gasteiger partial charge in [-0.2, -0.15) is 0 Å². The predicted molar refractivity (Wildman–Crippen MR) is 117 cm³/mol. The van der Waals surface area contributed by atoms with Crippen molar-refractivity contribution < 1.29 is 14.4 Å². The van der Waals surface area contributed by atoms with Gasteiger partial charge in [0.15, 0.2) is 0 Å². The number of rotatable bonds is 5. The Morgan fingerprint density at radius 1 is 0.967 bits per heavy atom. The molecule has 1 unspecified atom stereocenters. The molecule has 4 amide bonds. The third-order valence-electron chi connectivity index (χ3n) is 5.09. The molecule has 0 aromatic heterocycles. The Morgan fingerprint density at radius 3 is 2.17 bits per heavy atom. The van der Waals surface area contributed by atoms with Crippen molar-refractivity contribution >= 4 is 29.2 Å². The second kappa shape index (κ2) is 9.43. The van der Waals surface area contributed by atoms with E-state index in [0.29, 0.717) is 30.8 Å². The largest absolute Gasteiger partial charge is 0.341 e. The van der Waals surface area contributed by atoms with Crippen LogP contribution >= 0.6 is 0 Å². The molecule has 0 saturated heterocycles. The highest BCUT2D eigenvalue weighted by atomic mass is 16.2. The molecule has 3 N–H and O–H groups in total. The zero-order valence-electron chi connectivity index (χ0n) is 17.6. The smallest absolute Gasteiger partial charge is 0.318 e. The van der Waals surface area contributed by atoms with Crippen LogP contribution in [0.5, 0.6) is 0 Å². The monoisotopic (exact) mass is 408 g/mol. The Balaban J connectivity index is 1.76. The van der Waals surface area contributed by atoms with Crippen LogP contribution in [0.1, 0.15) is 31.4 Å². The van der Waals surface area contributed by atoms with Crippen LogP contribution in [0.3, 0.4) is 0 Å². The lowest BCUT2D eigenvalue weighted by atomic mass is 9.92. The summed E-state index contributed by atoms with van der Waals surface area (Å²) in [5.74, 6) is -0.00264. The number of anilines is 2. The van der Waals surface area contributed by atoms with Crippen LogP contribution in [0.4, 0.5) is 16.2 Å². The number of nitrogens with one attached hydrogen (secondary N) is 3. The SMILES string of the molecule is CNC(=O)Nc1ccc(NC(=O)C2Cc3ccccc3CN2C(=O)CC(C)C)cc1. The maximum absolute atomic E-state index is 13.1. The molecule has 1 aliphatic heterocycles. The van der Waals surface area contributed by atoms with E-state index in [2.05, 4.69) is 16.0 Å². The molecule has 158 valence electrons. The van der Waals surface area contributed by atoms with Crippen LogP contribution in [-0.2, 0) is 22.6 Å². The third kappa shape index (κ3) is 5.17. The summed E-state index contributed by atoms with van der Waals surface area (Å²) in [4.78, 5) is 39.1. The molecule has 1 atom stereocenters. The molecule has 0 spiro atoms. The van der Waals surface area contributed by atoms with Gasteiger partial charge in [-0.1, -0.05) is 38.1 Å². The fourth-order valence-corrected chi connectivity index (χ4v) is 3.54. The first-order chi connectivity index (χ1) is 14.4. The van der Waals surface area contributed by atoms with Gasteiger partial charge in [0.05, 0.1) is 0 Å². The summed E-state index contributed by atoms with van der Waals surface area (Å²) < 4.78 is 0. The molecular formula is C23H28N4O3. The van der Waals surface area contributed by atoms with E-state index in [9.17, 15) is 14.4 Å². The van der Waals surface area contributed by atoms with E-state index in [1.165, 1.54) is 0 Å². The van der Waals surface area contributed by atoms with Crippen molar-refractivity contribution in [2.45, 2.75) is 39.3 Å². The quantitative estimate of drug-likeness (QED) is 0.708. The van der Waals surface area contributed by atoms with Gasteiger partial charge in [0.2, 0.25) is 11.8 Å². The number of carbonyl (C=O) groups is 3. The zero-order chi connectivity index (χ0) is 21.7. The summed E-state index contributed by atoms with van der Waals surface area (Å²) in [6, 6.07) is 13.9. The Bertz CT molecular complexity index is 924. The second-order valence-electron chi connectivity index (χ2n) is 7.88. The molecule has 7 heteroatoms. The number of amides is 4. The average Bonchev–Trinajstić information content (AvgIpc) is 2.73. The van der Waals surface area contributed by atoms with E-state index in [0.717, 1.165) is 11.1 Å². The second-order valence-corrected chi connectivity index (χ2v) is 7.88. The number of urea groups is 1. The maximum Gasteiger partial charge on any atom is 0.318 e. The van der Waals surface area contributed by atoms with Crippen molar-refractivity contribution in [3.05, 3.63) is 59.7 Å². The van der Waals surface area contributed by atoms with Crippen molar-refractivity contribution in [3.63, 3.8) is 0 Å². The standard InChI is InChI=1S/C23H28N4O3/c1-15(2)12-21(28)27-14-17-7-5-4-6-16(17)13-20(27)22(29)25-18-8-10-19(11-9-18)26-23(30)24-3/h4-11,15,20H,12-14H2,1-3H3,(H,25,29)(H2,24,26,30). The van der Waals surface area contributed by atoms with Gasteiger partial charge < -0.3 is 20.9 Å². The molecule has 1 aliphatic rings. The molecule has 30 heavy (non-hydrogen) atoms. The summed E-state index contributed by atoms with van der Waals surface area (Å²) in [6.45, 7) is 4.44. The van der Waals surface area contributed by atoms with Crippen LogP contribution < -0.4 is 16.0 Å². The van der Waals surface area contributed by atoms with Gasteiger partial charge in [-0.15, -0.1) is 0 Å². The van der Waals surface area contributed by atoms with E-state index in [1.54, 1.807) is 36.2 Å². The molecule has 2 aromatic rings. The average molecular weight is 409 g/mol. The summed E-state index contributed by atoms with van der Waals surface area (Å²) >= 11 is 0. The van der Waals surface area contributed by atoms with E-state index < -0.39 is 6.04 Å². The predicted octanol–water partition coefficient (Wildman–Crippen LogP) is 3.38. The summed E-state index contributed by atoms with van der Waals surface area (Å²) in [5.41, 5.74) is 3.41. The van der Waals surface area contributed by atoms with Crippen LogP contribution in [0.2, 0.25) is 0 Å². The lowest BCUT2D eigenvalue weighted by Crippen LogP contribution is -2.50. The molecule has 0 radical (unpaired) electrons. The van der Waals surface area contributed by atoms with Gasteiger partial charge in [0, 0.05) is 37.8 Å². The summed E-state index contributed by atoms with van der Waals surface area (Å²) in [7, 11) is 1.54. The summed E-state index contributed by atoms with van der Waals surface area (Å²) in [5, 5.41) is 8.07. The number of carbonyl (C=O) groups excluding carboxylic acids is 3. The highest BCUT2D eigenvalue weighted by Crippen LogP contribution is 2.26. The highest BCUT2D eigenvalue weighted by molar-refractivity contribution is 5.98. The van der Waals surface area contributed by atoms with Crippen molar-refractivity contribution in [3.8, 4) is 0 Å². The molecule has 7 nitrogen and oxygen atoms in total. The van der Waals surface area contributed by atoms with E-state index in [1.807, 2.05) is 38.1 Å². The van der Waals surface area contributed by atoms with Crippen molar-refractivity contribution in [2.24, 2.45) is 5.92 Å². The fraction of sp³-hybridized carbons (Fsp3) is 0.348. The van der Waals surface area contributed by atoms with Crippen LogP contribution in [0.25, 0.3) is 0 Å². The number of nitrogens with zero attached hydrogens (tertiary/aromatic N) is 1. The van der Waals surface area contributed by atoms with E-state index >= 15 is 0 Å². The van der Waals surface area contributed by atoms with Crippen LogP contribution in [0.15, 0.2) is 48.5 Å². The number of fused-ring (bicyclic) bond motifs is 1. The third-order valence-corrected chi connectivity index (χ3v) is 5.09. The molecule has 2 aromatic carbocycles. The van der Waals surface area contributed by atoms with E-state index in [-0.39, 0.29) is 23.8 Å². The first-order valence-electron chi connectivity index (χ1n) is 10.1. The highest BCUT2D eigenvalue weighted by Gasteiger charge is 2.34. The first kappa shape index (κ1) is 21.4. The van der Waals surface area contributed by atoms with Gasteiger partial charge in [-0.3, -0.25) is 9.59 Å². The lowest BCUT2D eigenvalue weighted by molar-refractivity contribution is -0.140. The zero-order valence-corrected chi connectivity index (χ0v) is 17.6. The number of benzene rings is 2. The number of hydrogen-bond acceptors (Lipinski definition) is 3. The van der Waals surface area contributed by atoms with Crippen molar-refractivity contribution in [2.75, 3.05) is 17.7 Å². The minimum absolute atomic E-state index is 0.00946. The topological polar surface area (TPSA) is 90.5 Å². The maximum atomic E-state index is 13.1. The molecular weight excluding hydrogens is 380 g/mol. The first-order valence-corrected chi connectivity index (χ1v) is 10.1. The Hall–Kier alpha value is -3.35. The van der Waals surface area contributed by atoms with Crippen LogP contribution in [-0.4, -0.2) is 35.8 Å². The van der Waals surface area contributed by atoms with Crippen molar-refractivity contribution in [1.82, 2.24) is 10.2 Å².